The van der Waals surface area contributed by atoms with Gasteiger partial charge in [-0.15, -0.1) is 0 Å². The van der Waals surface area contributed by atoms with Crippen molar-refractivity contribution >= 4 is 0 Å². The highest BCUT2D eigenvalue weighted by Gasteiger charge is 2.61. The maximum atomic E-state index is 11.1. The highest BCUT2D eigenvalue weighted by atomic mass is 16.8. The van der Waals surface area contributed by atoms with Crippen molar-refractivity contribution in [1.29, 1.82) is 0 Å². The second-order valence-electron chi connectivity index (χ2n) is 9.50. The third kappa shape index (κ3) is 4.87. The zero-order valence-electron chi connectivity index (χ0n) is 19.5. The number of aliphatic hydroxyl groups is 2. The SMILES string of the molecule is COc1ccc(CO[C@@H]2[C@@H](O)[C@H](O)[C@@H](OCc3ccccc3)[C@H]3OC4(CCCCC4)O[C@H]32)cc1. The van der Waals surface area contributed by atoms with E-state index >= 15 is 0 Å². The van der Waals surface area contributed by atoms with E-state index in [4.69, 9.17) is 23.7 Å². The van der Waals surface area contributed by atoms with Gasteiger partial charge in [0.1, 0.15) is 42.4 Å². The summed E-state index contributed by atoms with van der Waals surface area (Å²) in [6.07, 6.45) is -0.0457. The largest absolute Gasteiger partial charge is 0.497 e. The van der Waals surface area contributed by atoms with Crippen LogP contribution in [0.2, 0.25) is 0 Å². The first-order valence-corrected chi connectivity index (χ1v) is 12.2. The van der Waals surface area contributed by atoms with Gasteiger partial charge in [-0.25, -0.2) is 0 Å². The molecule has 0 amide bonds. The standard InChI is InChI=1S/C27H34O7/c1-30-20-12-10-19(11-13-20)17-32-24-22(29)21(28)23(31-16-18-8-4-2-5-9-18)25-26(24)34-27(33-25)14-6-3-7-15-27/h2,4-5,8-13,21-26,28-29H,3,6-7,14-17H2,1H3/t21-,22-,23+,24+,25+,26-/m0/s1. The van der Waals surface area contributed by atoms with Crippen molar-refractivity contribution in [1.82, 2.24) is 0 Å². The summed E-state index contributed by atoms with van der Waals surface area (Å²) >= 11 is 0. The van der Waals surface area contributed by atoms with Crippen LogP contribution in [-0.4, -0.2) is 59.7 Å². The summed E-state index contributed by atoms with van der Waals surface area (Å²) in [5, 5.41) is 22.2. The van der Waals surface area contributed by atoms with E-state index in [1.165, 1.54) is 0 Å². The number of hydrogen-bond acceptors (Lipinski definition) is 7. The first kappa shape index (κ1) is 23.7. The Bertz CT molecular complexity index is 912. The molecule has 1 spiro atoms. The zero-order valence-corrected chi connectivity index (χ0v) is 19.5. The van der Waals surface area contributed by atoms with Crippen molar-refractivity contribution in [3.8, 4) is 5.75 Å². The molecular weight excluding hydrogens is 436 g/mol. The van der Waals surface area contributed by atoms with Gasteiger partial charge >= 0.3 is 0 Å². The van der Waals surface area contributed by atoms with Crippen molar-refractivity contribution < 1.29 is 33.9 Å². The van der Waals surface area contributed by atoms with E-state index in [0.717, 1.165) is 49.0 Å². The summed E-state index contributed by atoms with van der Waals surface area (Å²) in [6, 6.07) is 17.4. The molecule has 5 rings (SSSR count). The van der Waals surface area contributed by atoms with Gasteiger partial charge in [-0.1, -0.05) is 48.9 Å². The lowest BCUT2D eigenvalue weighted by molar-refractivity contribution is -0.223. The minimum Gasteiger partial charge on any atom is -0.497 e. The number of rotatable bonds is 7. The molecule has 2 aromatic rings. The molecule has 184 valence electrons. The molecule has 7 nitrogen and oxygen atoms in total. The van der Waals surface area contributed by atoms with Crippen LogP contribution in [0.1, 0.15) is 43.2 Å². The van der Waals surface area contributed by atoms with Gasteiger partial charge in [0.2, 0.25) is 0 Å². The van der Waals surface area contributed by atoms with Crippen molar-refractivity contribution in [2.45, 2.75) is 87.7 Å². The molecule has 1 saturated heterocycles. The van der Waals surface area contributed by atoms with E-state index in [9.17, 15) is 10.2 Å². The van der Waals surface area contributed by atoms with Crippen LogP contribution in [0.15, 0.2) is 54.6 Å². The van der Waals surface area contributed by atoms with Gasteiger partial charge in [-0.3, -0.25) is 0 Å². The molecule has 3 fully saturated rings. The van der Waals surface area contributed by atoms with Crippen molar-refractivity contribution in [3.05, 3.63) is 65.7 Å². The molecule has 3 aliphatic rings. The fourth-order valence-electron chi connectivity index (χ4n) is 5.34. The van der Waals surface area contributed by atoms with Crippen LogP contribution >= 0.6 is 0 Å². The predicted molar refractivity (Wildman–Crippen MR) is 124 cm³/mol. The maximum absolute atomic E-state index is 11.1. The minimum atomic E-state index is -1.16. The molecule has 2 saturated carbocycles. The Balaban J connectivity index is 1.34. The van der Waals surface area contributed by atoms with E-state index in [1.807, 2.05) is 54.6 Å². The second-order valence-corrected chi connectivity index (χ2v) is 9.50. The smallest absolute Gasteiger partial charge is 0.169 e. The molecule has 6 atom stereocenters. The van der Waals surface area contributed by atoms with Gasteiger partial charge in [0, 0.05) is 12.8 Å². The van der Waals surface area contributed by atoms with Crippen LogP contribution in [0, 0.1) is 0 Å². The molecule has 0 bridgehead atoms. The Kier molecular flexibility index (Phi) is 7.20. The summed E-state index contributed by atoms with van der Waals surface area (Å²) < 4.78 is 30.6. The van der Waals surface area contributed by atoms with Gasteiger partial charge in [-0.05, 0) is 36.1 Å². The van der Waals surface area contributed by atoms with Gasteiger partial charge < -0.3 is 33.9 Å². The first-order chi connectivity index (χ1) is 16.6. The topological polar surface area (TPSA) is 86.6 Å². The van der Waals surface area contributed by atoms with Crippen LogP contribution in [0.4, 0.5) is 0 Å². The van der Waals surface area contributed by atoms with Crippen molar-refractivity contribution in [2.24, 2.45) is 0 Å². The normalized spacial score (nSPS) is 32.4. The molecule has 2 aromatic carbocycles. The predicted octanol–water partition coefficient (Wildman–Crippen LogP) is 3.35. The number of fused-ring (bicyclic) bond motifs is 1. The van der Waals surface area contributed by atoms with Crippen molar-refractivity contribution in [2.75, 3.05) is 7.11 Å². The summed E-state index contributed by atoms with van der Waals surface area (Å²) in [4.78, 5) is 0. The van der Waals surface area contributed by atoms with Crippen LogP contribution in [0.5, 0.6) is 5.75 Å². The van der Waals surface area contributed by atoms with Crippen LogP contribution in [0.3, 0.4) is 0 Å². The van der Waals surface area contributed by atoms with Gasteiger partial charge in [0.25, 0.3) is 0 Å². The second kappa shape index (κ2) is 10.3. The van der Waals surface area contributed by atoms with Crippen molar-refractivity contribution in [3.63, 3.8) is 0 Å². The molecule has 34 heavy (non-hydrogen) atoms. The number of benzene rings is 2. The molecule has 0 aromatic heterocycles. The number of methoxy groups -OCH3 is 1. The summed E-state index contributed by atoms with van der Waals surface area (Å²) in [7, 11) is 1.63. The Morgan fingerprint density at radius 2 is 1.29 bits per heavy atom. The molecule has 2 aliphatic carbocycles. The quantitative estimate of drug-likeness (QED) is 0.642. The summed E-state index contributed by atoms with van der Waals surface area (Å²) in [6.45, 7) is 0.583. The molecule has 0 unspecified atom stereocenters. The average Bonchev–Trinajstić information content (AvgIpc) is 3.23. The molecule has 1 aliphatic heterocycles. The van der Waals surface area contributed by atoms with Gasteiger partial charge in [0.05, 0.1) is 20.3 Å². The number of hydrogen-bond donors (Lipinski definition) is 2. The Morgan fingerprint density at radius 1 is 0.765 bits per heavy atom. The Hall–Kier alpha value is -2.00. The van der Waals surface area contributed by atoms with Gasteiger partial charge in [0.15, 0.2) is 5.79 Å². The van der Waals surface area contributed by atoms with E-state index in [1.54, 1.807) is 7.11 Å². The maximum Gasteiger partial charge on any atom is 0.169 e. The number of aliphatic hydroxyl groups excluding tert-OH is 2. The van der Waals surface area contributed by atoms with E-state index in [2.05, 4.69) is 0 Å². The monoisotopic (exact) mass is 470 g/mol. The zero-order chi connectivity index (χ0) is 23.5. The Labute approximate surface area is 200 Å². The first-order valence-electron chi connectivity index (χ1n) is 12.2. The highest BCUT2D eigenvalue weighted by molar-refractivity contribution is 5.26. The highest BCUT2D eigenvalue weighted by Crippen LogP contribution is 2.46. The summed E-state index contributed by atoms with van der Waals surface area (Å²) in [5.74, 6) is 0.0649. The fraction of sp³-hybridized carbons (Fsp3) is 0.556. The third-order valence-electron chi connectivity index (χ3n) is 7.20. The van der Waals surface area contributed by atoms with E-state index in [0.29, 0.717) is 6.61 Å². The van der Waals surface area contributed by atoms with Crippen LogP contribution < -0.4 is 4.74 Å². The van der Waals surface area contributed by atoms with Gasteiger partial charge in [-0.2, -0.15) is 0 Å². The van der Waals surface area contributed by atoms with Crippen LogP contribution in [-0.2, 0) is 32.2 Å². The molecule has 2 N–H and O–H groups in total. The summed E-state index contributed by atoms with van der Waals surface area (Å²) in [5.41, 5.74) is 1.93. The van der Waals surface area contributed by atoms with E-state index < -0.39 is 42.4 Å². The molecular formula is C27H34O7. The minimum absolute atomic E-state index is 0.271. The van der Waals surface area contributed by atoms with Crippen LogP contribution in [0.25, 0.3) is 0 Å². The molecule has 7 heteroatoms. The average molecular weight is 471 g/mol. The molecule has 0 radical (unpaired) electrons. The van der Waals surface area contributed by atoms with E-state index in [-0.39, 0.29) is 6.61 Å². The third-order valence-corrected chi connectivity index (χ3v) is 7.20. The lowest BCUT2D eigenvalue weighted by atomic mass is 9.84. The lowest BCUT2D eigenvalue weighted by Gasteiger charge is -2.43. The Morgan fingerprint density at radius 3 is 1.82 bits per heavy atom. The number of ether oxygens (including phenoxy) is 5. The lowest BCUT2D eigenvalue weighted by Crippen LogP contribution is -2.63. The fourth-order valence-corrected chi connectivity index (χ4v) is 5.34. The molecule has 1 heterocycles.